The van der Waals surface area contributed by atoms with Gasteiger partial charge in [-0.15, -0.1) is 11.3 Å². The highest BCUT2D eigenvalue weighted by Gasteiger charge is 2.27. The van der Waals surface area contributed by atoms with Crippen LogP contribution in [0.3, 0.4) is 0 Å². The Morgan fingerprint density at radius 2 is 2.03 bits per heavy atom. The van der Waals surface area contributed by atoms with E-state index in [1.165, 1.54) is 11.3 Å². The second kappa shape index (κ2) is 10.4. The Morgan fingerprint density at radius 3 is 2.79 bits per heavy atom. The standard InChI is InChI=1S/C22H19ClF3N5O2S/c23-19-5-4-17(34-19)12-33-29-10-14-6-7-31-18(11-27-20(31)8-14)15-2-1-3-16(9-15)30-21(32)28-13-22(24,25)26/h1-9,11,29H,10,12-13H2,(H2,28,30,32). The first-order chi connectivity index (χ1) is 16.3. The highest BCUT2D eigenvalue weighted by atomic mass is 35.5. The highest BCUT2D eigenvalue weighted by Crippen LogP contribution is 2.25. The number of amides is 2. The van der Waals surface area contributed by atoms with Gasteiger partial charge in [0.05, 0.1) is 16.2 Å². The van der Waals surface area contributed by atoms with Crippen LogP contribution < -0.4 is 16.1 Å². The van der Waals surface area contributed by atoms with Gasteiger partial charge in [-0.05, 0) is 42.0 Å². The van der Waals surface area contributed by atoms with Crippen LogP contribution in [-0.2, 0) is 18.0 Å². The number of nitrogens with zero attached hydrogens (tertiary/aromatic N) is 2. The summed E-state index contributed by atoms with van der Waals surface area (Å²) >= 11 is 7.36. The van der Waals surface area contributed by atoms with E-state index in [9.17, 15) is 18.0 Å². The van der Waals surface area contributed by atoms with Crippen LogP contribution >= 0.6 is 22.9 Å². The molecule has 4 rings (SSSR count). The average Bonchev–Trinajstić information content (AvgIpc) is 3.40. The topological polar surface area (TPSA) is 79.7 Å². The second-order valence-electron chi connectivity index (χ2n) is 7.23. The minimum Gasteiger partial charge on any atom is -0.329 e. The van der Waals surface area contributed by atoms with Crippen LogP contribution in [0.4, 0.5) is 23.7 Å². The molecule has 3 aromatic heterocycles. The normalized spacial score (nSPS) is 11.6. The Kier molecular flexibility index (Phi) is 7.37. The first kappa shape index (κ1) is 24.0. The summed E-state index contributed by atoms with van der Waals surface area (Å²) in [6.07, 6.45) is -0.926. The van der Waals surface area contributed by atoms with Crippen molar-refractivity contribution in [1.29, 1.82) is 0 Å². The minimum atomic E-state index is -4.48. The summed E-state index contributed by atoms with van der Waals surface area (Å²) in [5, 5.41) is 4.19. The fourth-order valence-corrected chi connectivity index (χ4v) is 4.15. The number of carbonyl (C=O) groups excluding carboxylic acids is 1. The van der Waals surface area contributed by atoms with E-state index >= 15 is 0 Å². The Hall–Kier alpha value is -3.12. The van der Waals surface area contributed by atoms with E-state index in [0.29, 0.717) is 28.8 Å². The monoisotopic (exact) mass is 509 g/mol. The molecule has 34 heavy (non-hydrogen) atoms. The Labute approximate surface area is 201 Å². The third-order valence-electron chi connectivity index (χ3n) is 4.66. The molecule has 7 nitrogen and oxygen atoms in total. The molecule has 4 aromatic rings. The number of benzene rings is 1. The van der Waals surface area contributed by atoms with Crippen molar-refractivity contribution in [3.8, 4) is 11.3 Å². The summed E-state index contributed by atoms with van der Waals surface area (Å²) < 4.78 is 39.4. The van der Waals surface area contributed by atoms with Crippen molar-refractivity contribution < 1.29 is 22.8 Å². The predicted molar refractivity (Wildman–Crippen MR) is 125 cm³/mol. The number of aromatic nitrogens is 2. The lowest BCUT2D eigenvalue weighted by Gasteiger charge is -2.11. The number of nitrogens with one attached hydrogen (secondary N) is 3. The Bertz CT molecular complexity index is 1290. The number of halogens is 4. The van der Waals surface area contributed by atoms with E-state index in [1.54, 1.807) is 29.7 Å². The lowest BCUT2D eigenvalue weighted by molar-refractivity contribution is -0.122. The highest BCUT2D eigenvalue weighted by molar-refractivity contribution is 7.16. The predicted octanol–water partition coefficient (Wildman–Crippen LogP) is 5.62. The van der Waals surface area contributed by atoms with Crippen LogP contribution in [0.15, 0.2) is 60.9 Å². The first-order valence-electron chi connectivity index (χ1n) is 10.0. The van der Waals surface area contributed by atoms with Gasteiger partial charge in [-0.2, -0.15) is 18.7 Å². The lowest BCUT2D eigenvalue weighted by atomic mass is 10.1. The van der Waals surface area contributed by atoms with Crippen LogP contribution in [-0.4, -0.2) is 28.1 Å². The number of anilines is 1. The maximum Gasteiger partial charge on any atom is 0.405 e. The molecule has 178 valence electrons. The lowest BCUT2D eigenvalue weighted by Crippen LogP contribution is -2.36. The zero-order valence-electron chi connectivity index (χ0n) is 17.5. The molecule has 0 aliphatic carbocycles. The van der Waals surface area contributed by atoms with Gasteiger partial charge in [0.15, 0.2) is 0 Å². The fraction of sp³-hybridized carbons (Fsp3) is 0.182. The summed E-state index contributed by atoms with van der Waals surface area (Å²) in [6, 6.07) is 13.4. The summed E-state index contributed by atoms with van der Waals surface area (Å²) in [4.78, 5) is 22.7. The van der Waals surface area contributed by atoms with E-state index in [4.69, 9.17) is 16.4 Å². The first-order valence-corrected chi connectivity index (χ1v) is 11.2. The largest absolute Gasteiger partial charge is 0.405 e. The van der Waals surface area contributed by atoms with E-state index in [0.717, 1.165) is 21.7 Å². The molecule has 12 heteroatoms. The van der Waals surface area contributed by atoms with E-state index in [1.807, 2.05) is 40.9 Å². The van der Waals surface area contributed by atoms with E-state index < -0.39 is 18.8 Å². The van der Waals surface area contributed by atoms with E-state index in [-0.39, 0.29) is 0 Å². The van der Waals surface area contributed by atoms with Gasteiger partial charge < -0.3 is 10.6 Å². The molecule has 0 unspecified atom stereocenters. The summed E-state index contributed by atoms with van der Waals surface area (Å²) in [6.45, 7) is -0.521. The van der Waals surface area contributed by atoms with Crippen LogP contribution in [0.1, 0.15) is 10.4 Å². The number of hydrogen-bond donors (Lipinski definition) is 3. The van der Waals surface area contributed by atoms with Gasteiger partial charge in [0, 0.05) is 28.9 Å². The third-order valence-corrected chi connectivity index (χ3v) is 5.87. The molecule has 0 saturated carbocycles. The Morgan fingerprint density at radius 1 is 1.18 bits per heavy atom. The molecule has 3 heterocycles. The molecule has 3 N–H and O–H groups in total. The number of alkyl halides is 3. The van der Waals surface area contributed by atoms with Crippen molar-refractivity contribution in [2.45, 2.75) is 19.3 Å². The van der Waals surface area contributed by atoms with Gasteiger partial charge in [-0.3, -0.25) is 9.24 Å². The molecule has 0 atom stereocenters. The number of urea groups is 1. The average molecular weight is 510 g/mol. The zero-order chi connectivity index (χ0) is 24.1. The number of hydrogen-bond acceptors (Lipinski definition) is 5. The third kappa shape index (κ3) is 6.48. The SMILES string of the molecule is O=C(NCC(F)(F)F)Nc1cccc(-c2cnc3cc(CNOCc4ccc(Cl)s4)ccn23)c1. The van der Waals surface area contributed by atoms with Crippen molar-refractivity contribution in [3.63, 3.8) is 0 Å². The van der Waals surface area contributed by atoms with Crippen LogP contribution in [0.2, 0.25) is 4.34 Å². The van der Waals surface area contributed by atoms with Gasteiger partial charge in [-0.25, -0.2) is 9.78 Å². The van der Waals surface area contributed by atoms with Gasteiger partial charge in [0.1, 0.15) is 18.8 Å². The molecule has 0 spiro atoms. The number of pyridine rings is 1. The van der Waals surface area contributed by atoms with Crippen molar-refractivity contribution in [1.82, 2.24) is 20.2 Å². The van der Waals surface area contributed by atoms with Gasteiger partial charge >= 0.3 is 12.2 Å². The zero-order valence-corrected chi connectivity index (χ0v) is 19.1. The second-order valence-corrected chi connectivity index (χ2v) is 9.03. The van der Waals surface area contributed by atoms with E-state index in [2.05, 4.69) is 15.8 Å². The number of fused-ring (bicyclic) bond motifs is 1. The van der Waals surface area contributed by atoms with Crippen molar-refractivity contribution >= 4 is 40.3 Å². The smallest absolute Gasteiger partial charge is 0.329 e. The number of imidazole rings is 1. The number of rotatable bonds is 8. The van der Waals surface area contributed by atoms with Crippen molar-refractivity contribution in [2.75, 3.05) is 11.9 Å². The molecule has 0 radical (unpaired) electrons. The van der Waals surface area contributed by atoms with Gasteiger partial charge in [0.25, 0.3) is 0 Å². The maximum atomic E-state index is 12.3. The molecular formula is C22H19ClF3N5O2S. The number of thiophene rings is 1. The summed E-state index contributed by atoms with van der Waals surface area (Å²) in [5.41, 5.74) is 6.45. The van der Waals surface area contributed by atoms with Crippen LogP contribution in [0.5, 0.6) is 0 Å². The van der Waals surface area contributed by atoms with Crippen molar-refractivity contribution in [3.05, 3.63) is 75.7 Å². The molecule has 1 aromatic carbocycles. The Balaban J connectivity index is 1.38. The molecule has 0 bridgehead atoms. The van der Waals surface area contributed by atoms with Crippen molar-refractivity contribution in [2.24, 2.45) is 0 Å². The number of hydroxylamine groups is 1. The quantitative estimate of drug-likeness (QED) is 0.213. The van der Waals surface area contributed by atoms with Gasteiger partial charge in [-0.1, -0.05) is 23.7 Å². The molecule has 0 saturated heterocycles. The summed E-state index contributed by atoms with van der Waals surface area (Å²) in [5.74, 6) is 0. The van der Waals surface area contributed by atoms with Gasteiger partial charge in [0.2, 0.25) is 0 Å². The molecular weight excluding hydrogens is 491 g/mol. The fourth-order valence-electron chi connectivity index (χ4n) is 3.14. The van der Waals surface area contributed by atoms with Crippen LogP contribution in [0.25, 0.3) is 16.9 Å². The van der Waals surface area contributed by atoms with Crippen LogP contribution in [0, 0.1) is 0 Å². The molecule has 0 fully saturated rings. The molecule has 0 aliphatic rings. The summed E-state index contributed by atoms with van der Waals surface area (Å²) in [7, 11) is 0. The number of carbonyl (C=O) groups is 1. The minimum absolute atomic E-state index is 0.358. The molecule has 0 aliphatic heterocycles. The maximum absolute atomic E-state index is 12.3. The molecule has 2 amide bonds.